The molecule has 2 spiro atoms. The second kappa shape index (κ2) is 11.1. The molecule has 0 radical (unpaired) electrons. The Labute approximate surface area is 275 Å². The summed E-state index contributed by atoms with van der Waals surface area (Å²) in [7, 11) is 0. The smallest absolute Gasteiger partial charge is 0.282 e. The van der Waals surface area contributed by atoms with Crippen molar-refractivity contribution in [2.24, 2.45) is 22.7 Å². The molecule has 1 N–H and O–H groups in total. The van der Waals surface area contributed by atoms with Gasteiger partial charge >= 0.3 is 0 Å². The van der Waals surface area contributed by atoms with Crippen molar-refractivity contribution >= 4 is 5.82 Å². The van der Waals surface area contributed by atoms with Crippen molar-refractivity contribution in [3.63, 3.8) is 0 Å². The number of aromatic nitrogens is 5. The number of likely N-dealkylation sites (tertiary alicyclic amines) is 2. The third kappa shape index (κ3) is 5.29. The van der Waals surface area contributed by atoms with E-state index in [9.17, 15) is 9.50 Å². The minimum absolute atomic E-state index is 0.115. The number of hydrogen-bond donors (Lipinski definition) is 1. The first-order valence-corrected chi connectivity index (χ1v) is 17.7. The predicted molar refractivity (Wildman–Crippen MR) is 175 cm³/mol. The van der Waals surface area contributed by atoms with Crippen LogP contribution < -0.4 is 9.64 Å². The van der Waals surface area contributed by atoms with Crippen molar-refractivity contribution in [3.05, 3.63) is 48.6 Å². The highest BCUT2D eigenvalue weighted by Crippen LogP contribution is 2.55. The minimum atomic E-state index is -0.343. The third-order valence-electron chi connectivity index (χ3n) is 12.3. The van der Waals surface area contributed by atoms with E-state index in [-0.39, 0.29) is 22.8 Å². The molecule has 5 heterocycles. The number of β-amino-alcohol motifs (C(OH)–C–C–N with tert-alkyl or cyclic N) is 1. The second-order valence-electron chi connectivity index (χ2n) is 15.9. The van der Waals surface area contributed by atoms with Gasteiger partial charge in [0.15, 0.2) is 5.82 Å². The van der Waals surface area contributed by atoms with Crippen LogP contribution in [0.4, 0.5) is 10.2 Å². The van der Waals surface area contributed by atoms with Crippen LogP contribution in [0.25, 0.3) is 11.1 Å². The maximum absolute atomic E-state index is 14.6. The average molecular weight is 641 g/mol. The molecule has 47 heavy (non-hydrogen) atoms. The Morgan fingerprint density at radius 2 is 1.83 bits per heavy atom. The highest BCUT2D eigenvalue weighted by molar-refractivity contribution is 5.73. The second-order valence-corrected chi connectivity index (χ2v) is 15.9. The van der Waals surface area contributed by atoms with Crippen LogP contribution in [0.3, 0.4) is 0 Å². The molecule has 0 bridgehead atoms. The zero-order valence-corrected chi connectivity index (χ0v) is 27.4. The highest BCUT2D eigenvalue weighted by Gasteiger charge is 2.58. The van der Waals surface area contributed by atoms with Gasteiger partial charge in [0.2, 0.25) is 0 Å². The average Bonchev–Trinajstić information content (AvgIpc) is 3.95. The van der Waals surface area contributed by atoms with Gasteiger partial charge in [-0.05, 0) is 75.0 Å². The maximum atomic E-state index is 14.6. The summed E-state index contributed by atoms with van der Waals surface area (Å²) in [6.07, 6.45) is 12.9. The van der Waals surface area contributed by atoms with Crippen molar-refractivity contribution in [2.45, 2.75) is 82.9 Å². The number of benzene rings is 1. The van der Waals surface area contributed by atoms with E-state index >= 15 is 0 Å². The summed E-state index contributed by atoms with van der Waals surface area (Å²) in [5, 5.41) is 19.0. The van der Waals surface area contributed by atoms with Gasteiger partial charge in [-0.1, -0.05) is 13.8 Å². The number of halogens is 1. The topological polar surface area (TPSA) is 104 Å². The van der Waals surface area contributed by atoms with Crippen LogP contribution in [0.15, 0.2) is 37.1 Å². The van der Waals surface area contributed by atoms with Gasteiger partial charge in [0.25, 0.3) is 5.88 Å². The molecule has 3 aliphatic heterocycles. The van der Waals surface area contributed by atoms with Crippen LogP contribution in [0, 0.1) is 28.5 Å². The molecule has 11 heteroatoms. The number of nitrogens with zero attached hydrogens (tertiary/aromatic N) is 8. The molecule has 0 amide bonds. The Hall–Kier alpha value is -3.28. The van der Waals surface area contributed by atoms with Crippen LogP contribution in [-0.4, -0.2) is 97.5 Å². The summed E-state index contributed by atoms with van der Waals surface area (Å²) in [6.45, 7) is 10.8. The van der Waals surface area contributed by atoms with Crippen LogP contribution in [0.2, 0.25) is 0 Å². The SMILES string of the molecule is CC(C)[C@H](C1CC(N2C[C@@H](O)C3(CC3)C2)C1)N1CC2(CCN(c3ncnnc3Oc3ccc(F)cc3-c3cncnc3C3CC3)C2)C1. The third-order valence-corrected chi connectivity index (χ3v) is 12.3. The molecule has 3 aromatic rings. The van der Waals surface area contributed by atoms with E-state index in [0.717, 1.165) is 75.7 Å². The van der Waals surface area contributed by atoms with E-state index in [1.165, 1.54) is 44.1 Å². The lowest BCUT2D eigenvalue weighted by Crippen LogP contribution is -2.65. The summed E-state index contributed by atoms with van der Waals surface area (Å²) in [5.74, 6) is 2.88. The van der Waals surface area contributed by atoms with Crippen molar-refractivity contribution in [1.82, 2.24) is 34.9 Å². The quantitative estimate of drug-likeness (QED) is 0.347. The normalized spacial score (nSPS) is 28.5. The summed E-state index contributed by atoms with van der Waals surface area (Å²) in [6, 6.07) is 5.80. The molecule has 9 rings (SSSR count). The van der Waals surface area contributed by atoms with Gasteiger partial charge in [-0.2, -0.15) is 0 Å². The predicted octanol–water partition coefficient (Wildman–Crippen LogP) is 4.91. The summed E-state index contributed by atoms with van der Waals surface area (Å²) in [5.41, 5.74) is 2.81. The fourth-order valence-corrected chi connectivity index (χ4v) is 9.47. The molecule has 0 unspecified atom stereocenters. The lowest BCUT2D eigenvalue weighted by atomic mass is 9.68. The number of hydrogen-bond acceptors (Lipinski definition) is 10. The largest absolute Gasteiger partial charge is 0.434 e. The standard InChI is InChI=1S/C36H45FN8O2/c1-22(2)32(24-11-26(12-24)44-15-30(46)36(19-44)7-8-36)45-17-35(18-45)9-10-43(16-35)33-34(42-41-21-40-33)47-29-6-5-25(37)13-27(29)28-14-38-20-39-31(28)23-3-4-23/h5-6,13-14,20-24,26,30,32,46H,3-4,7-12,15-19H2,1-2H3/t24?,26?,30-,32-/m1/s1. The molecule has 3 saturated heterocycles. The van der Waals surface area contributed by atoms with Crippen molar-refractivity contribution in [3.8, 4) is 22.8 Å². The zero-order valence-electron chi connectivity index (χ0n) is 27.4. The monoisotopic (exact) mass is 640 g/mol. The number of rotatable bonds is 9. The molecule has 6 aliphatic rings. The van der Waals surface area contributed by atoms with E-state index in [2.05, 4.69) is 53.7 Å². The Morgan fingerprint density at radius 1 is 1.00 bits per heavy atom. The first-order chi connectivity index (χ1) is 22.8. The maximum Gasteiger partial charge on any atom is 0.282 e. The summed E-state index contributed by atoms with van der Waals surface area (Å²) < 4.78 is 21.0. The molecule has 3 aliphatic carbocycles. The Balaban J connectivity index is 0.874. The van der Waals surface area contributed by atoms with Crippen molar-refractivity contribution in [1.29, 1.82) is 0 Å². The molecular formula is C36H45FN8O2. The minimum Gasteiger partial charge on any atom is -0.434 e. The Morgan fingerprint density at radius 3 is 2.57 bits per heavy atom. The van der Waals surface area contributed by atoms with E-state index in [4.69, 9.17) is 4.74 Å². The number of ether oxygens (including phenoxy) is 1. The van der Waals surface area contributed by atoms with Gasteiger partial charge in [-0.25, -0.2) is 19.3 Å². The van der Waals surface area contributed by atoms with E-state index in [1.807, 2.05) is 0 Å². The summed E-state index contributed by atoms with van der Waals surface area (Å²) >= 11 is 0. The van der Waals surface area contributed by atoms with Gasteiger partial charge in [0, 0.05) is 85.4 Å². The van der Waals surface area contributed by atoms with Gasteiger partial charge in [0.1, 0.15) is 24.2 Å². The molecule has 2 atom stereocenters. The molecule has 1 aromatic carbocycles. The fourth-order valence-electron chi connectivity index (χ4n) is 9.47. The van der Waals surface area contributed by atoms with Gasteiger partial charge in [-0.15, -0.1) is 10.2 Å². The highest BCUT2D eigenvalue weighted by atomic mass is 19.1. The van der Waals surface area contributed by atoms with Crippen molar-refractivity contribution in [2.75, 3.05) is 44.2 Å². The van der Waals surface area contributed by atoms with Gasteiger partial charge in [0.05, 0.1) is 11.8 Å². The van der Waals surface area contributed by atoms with Crippen LogP contribution >= 0.6 is 0 Å². The van der Waals surface area contributed by atoms with Crippen LogP contribution in [-0.2, 0) is 0 Å². The van der Waals surface area contributed by atoms with Crippen LogP contribution in [0.1, 0.15) is 70.4 Å². The van der Waals surface area contributed by atoms with Gasteiger partial charge in [-0.3, -0.25) is 9.80 Å². The zero-order chi connectivity index (χ0) is 31.9. The number of aliphatic hydroxyl groups is 1. The molecule has 6 fully saturated rings. The fraction of sp³-hybridized carbons (Fsp3) is 0.639. The van der Waals surface area contributed by atoms with E-state index in [1.54, 1.807) is 18.6 Å². The lowest BCUT2D eigenvalue weighted by Gasteiger charge is -2.57. The Kier molecular flexibility index (Phi) is 7.07. The molecular weight excluding hydrogens is 595 g/mol. The number of aliphatic hydroxyl groups excluding tert-OH is 1. The van der Waals surface area contributed by atoms with Crippen LogP contribution in [0.5, 0.6) is 11.6 Å². The van der Waals surface area contributed by atoms with Crippen molar-refractivity contribution < 1.29 is 14.2 Å². The van der Waals surface area contributed by atoms with E-state index < -0.39 is 0 Å². The Bertz CT molecular complexity index is 1650. The molecule has 3 saturated carbocycles. The first-order valence-electron chi connectivity index (χ1n) is 17.7. The molecule has 248 valence electrons. The molecule has 2 aromatic heterocycles. The molecule has 10 nitrogen and oxygen atoms in total. The number of anilines is 1. The summed E-state index contributed by atoms with van der Waals surface area (Å²) in [4.78, 5) is 21.1. The lowest BCUT2D eigenvalue weighted by molar-refractivity contribution is -0.0790. The van der Waals surface area contributed by atoms with Gasteiger partial charge < -0.3 is 14.7 Å². The first kappa shape index (κ1) is 29.8. The van der Waals surface area contributed by atoms with E-state index in [0.29, 0.717) is 46.9 Å².